The van der Waals surface area contributed by atoms with Crippen molar-refractivity contribution in [1.82, 2.24) is 15.5 Å². The van der Waals surface area contributed by atoms with Gasteiger partial charge in [0.2, 0.25) is 11.8 Å². The highest BCUT2D eigenvalue weighted by Crippen LogP contribution is 2.02. The molecule has 5 nitrogen and oxygen atoms in total. The van der Waals surface area contributed by atoms with Gasteiger partial charge >= 0.3 is 0 Å². The molecule has 0 spiro atoms. The van der Waals surface area contributed by atoms with E-state index in [1.54, 1.807) is 17.1 Å². The van der Waals surface area contributed by atoms with E-state index in [0.29, 0.717) is 26.2 Å². The summed E-state index contributed by atoms with van der Waals surface area (Å²) >= 11 is 0. The molecule has 0 aromatic heterocycles. The highest BCUT2D eigenvalue weighted by molar-refractivity contribution is 5.88. The monoisotopic (exact) mass is 273 g/mol. The summed E-state index contributed by atoms with van der Waals surface area (Å²) in [5, 5.41) is 5.76. The number of amides is 2. The van der Waals surface area contributed by atoms with E-state index in [0.717, 1.165) is 0 Å². The number of rotatable bonds is 6. The molecule has 0 saturated carbocycles. The number of carbonyl (C=O) groups is 2. The van der Waals surface area contributed by atoms with E-state index in [-0.39, 0.29) is 30.6 Å². The predicted octanol–water partition coefficient (Wildman–Crippen LogP) is 0.0869. The third-order valence-electron chi connectivity index (χ3n) is 2.56. The van der Waals surface area contributed by atoms with Crippen molar-refractivity contribution in [3.63, 3.8) is 0 Å². The molecule has 0 aliphatic carbocycles. The van der Waals surface area contributed by atoms with Crippen molar-refractivity contribution in [2.75, 3.05) is 26.2 Å². The van der Waals surface area contributed by atoms with Gasteiger partial charge in [0.05, 0.1) is 12.5 Å². The zero-order valence-corrected chi connectivity index (χ0v) is 11.2. The van der Waals surface area contributed by atoms with Gasteiger partial charge in [-0.2, -0.15) is 0 Å². The Balaban J connectivity index is 0.00000289. The Morgan fingerprint density at radius 2 is 1.94 bits per heavy atom. The minimum Gasteiger partial charge on any atom is -0.353 e. The minimum atomic E-state index is -0.423. The zero-order valence-electron chi connectivity index (χ0n) is 10.4. The van der Waals surface area contributed by atoms with E-state index in [1.165, 1.54) is 0 Å². The average molecular weight is 274 g/mol. The van der Waals surface area contributed by atoms with Crippen LogP contribution in [-0.2, 0) is 9.59 Å². The molecule has 2 amide bonds. The van der Waals surface area contributed by atoms with Crippen LogP contribution in [0.15, 0.2) is 25.3 Å². The Bertz CT molecular complexity index is 310. The fraction of sp³-hybridized carbons (Fsp3) is 0.500. The Kier molecular flexibility index (Phi) is 8.07. The van der Waals surface area contributed by atoms with E-state index < -0.39 is 6.04 Å². The van der Waals surface area contributed by atoms with Crippen LogP contribution in [0, 0.1) is 0 Å². The second kappa shape index (κ2) is 8.72. The molecule has 0 aromatic carbocycles. The summed E-state index contributed by atoms with van der Waals surface area (Å²) in [5.74, 6) is -0.180. The number of hydrogen-bond acceptors (Lipinski definition) is 3. The summed E-state index contributed by atoms with van der Waals surface area (Å²) < 4.78 is 0. The summed E-state index contributed by atoms with van der Waals surface area (Å²) in [4.78, 5) is 25.0. The third kappa shape index (κ3) is 4.89. The van der Waals surface area contributed by atoms with Crippen LogP contribution in [0.3, 0.4) is 0 Å². The summed E-state index contributed by atoms with van der Waals surface area (Å²) in [6.07, 6.45) is 3.50. The van der Waals surface area contributed by atoms with Crippen molar-refractivity contribution in [2.24, 2.45) is 0 Å². The Morgan fingerprint density at radius 3 is 2.44 bits per heavy atom. The van der Waals surface area contributed by atoms with Gasteiger partial charge in [-0.3, -0.25) is 9.59 Å². The molecule has 1 fully saturated rings. The molecule has 1 atom stereocenters. The first-order valence-electron chi connectivity index (χ1n) is 5.69. The molecule has 1 rings (SSSR count). The summed E-state index contributed by atoms with van der Waals surface area (Å²) in [6, 6.07) is -0.423. The smallest absolute Gasteiger partial charge is 0.237 e. The Hall–Kier alpha value is -1.33. The average Bonchev–Trinajstić information content (AvgIpc) is 2.32. The fourth-order valence-corrected chi connectivity index (χ4v) is 1.71. The van der Waals surface area contributed by atoms with E-state index in [2.05, 4.69) is 23.8 Å². The number of halogens is 1. The summed E-state index contributed by atoms with van der Waals surface area (Å²) in [7, 11) is 0. The molecule has 18 heavy (non-hydrogen) atoms. The minimum absolute atomic E-state index is 0. The number of nitrogens with one attached hydrogen (secondary N) is 2. The number of nitrogens with zero attached hydrogens (tertiary/aromatic N) is 1. The van der Waals surface area contributed by atoms with E-state index in [4.69, 9.17) is 0 Å². The normalized spacial score (nSPS) is 18.2. The van der Waals surface area contributed by atoms with Gasteiger partial charge in [0.1, 0.15) is 0 Å². The van der Waals surface area contributed by atoms with Crippen LogP contribution in [0.4, 0.5) is 0 Å². The van der Waals surface area contributed by atoms with Gasteiger partial charge in [0.15, 0.2) is 0 Å². The second-order valence-corrected chi connectivity index (χ2v) is 3.88. The van der Waals surface area contributed by atoms with Crippen LogP contribution in [-0.4, -0.2) is 48.9 Å². The molecule has 2 N–H and O–H groups in total. The van der Waals surface area contributed by atoms with Gasteiger partial charge < -0.3 is 15.5 Å². The van der Waals surface area contributed by atoms with Crippen molar-refractivity contribution in [3.05, 3.63) is 25.3 Å². The topological polar surface area (TPSA) is 61.4 Å². The first-order chi connectivity index (χ1) is 8.19. The van der Waals surface area contributed by atoms with E-state index in [1.807, 2.05) is 0 Å². The standard InChI is InChI=1S/C12H19N3O2.ClH/c1-3-7-15(8-4-2)11(16)9-10-12(17)14-6-5-13-10;/h3-4,10,13H,1-2,5-9H2,(H,14,17);1H. The van der Waals surface area contributed by atoms with Crippen molar-refractivity contribution in [2.45, 2.75) is 12.5 Å². The van der Waals surface area contributed by atoms with Gasteiger partial charge in [-0.15, -0.1) is 25.6 Å². The van der Waals surface area contributed by atoms with E-state index >= 15 is 0 Å². The Morgan fingerprint density at radius 1 is 1.33 bits per heavy atom. The molecule has 1 heterocycles. The van der Waals surface area contributed by atoms with Crippen LogP contribution in [0.2, 0.25) is 0 Å². The molecule has 0 bridgehead atoms. The number of hydrogen-bond donors (Lipinski definition) is 2. The molecular weight excluding hydrogens is 254 g/mol. The SMILES string of the molecule is C=CCN(CC=C)C(=O)CC1NCCNC1=O.Cl. The highest BCUT2D eigenvalue weighted by atomic mass is 35.5. The van der Waals surface area contributed by atoms with Crippen LogP contribution in [0.25, 0.3) is 0 Å². The van der Waals surface area contributed by atoms with Crippen molar-refractivity contribution >= 4 is 24.2 Å². The molecular formula is C12H20ClN3O2. The lowest BCUT2D eigenvalue weighted by molar-refractivity contribution is -0.134. The molecule has 1 aliphatic rings. The molecule has 6 heteroatoms. The second-order valence-electron chi connectivity index (χ2n) is 3.88. The summed E-state index contributed by atoms with van der Waals surface area (Å²) in [6.45, 7) is 9.47. The van der Waals surface area contributed by atoms with Crippen LogP contribution in [0.5, 0.6) is 0 Å². The highest BCUT2D eigenvalue weighted by Gasteiger charge is 2.25. The third-order valence-corrected chi connectivity index (χ3v) is 2.56. The molecule has 0 aromatic rings. The lowest BCUT2D eigenvalue weighted by atomic mass is 10.1. The number of piperazine rings is 1. The lowest BCUT2D eigenvalue weighted by Crippen LogP contribution is -2.54. The van der Waals surface area contributed by atoms with Gasteiger partial charge in [0, 0.05) is 26.2 Å². The van der Waals surface area contributed by atoms with Gasteiger partial charge in [0.25, 0.3) is 0 Å². The molecule has 102 valence electrons. The largest absolute Gasteiger partial charge is 0.353 e. The molecule has 1 saturated heterocycles. The zero-order chi connectivity index (χ0) is 12.7. The van der Waals surface area contributed by atoms with Gasteiger partial charge in [-0.1, -0.05) is 12.2 Å². The van der Waals surface area contributed by atoms with Crippen molar-refractivity contribution < 1.29 is 9.59 Å². The first-order valence-corrected chi connectivity index (χ1v) is 5.69. The number of carbonyl (C=O) groups excluding carboxylic acids is 2. The maximum absolute atomic E-state index is 11.9. The molecule has 1 unspecified atom stereocenters. The predicted molar refractivity (Wildman–Crippen MR) is 73.6 cm³/mol. The van der Waals surface area contributed by atoms with E-state index in [9.17, 15) is 9.59 Å². The van der Waals surface area contributed by atoms with Crippen LogP contribution < -0.4 is 10.6 Å². The van der Waals surface area contributed by atoms with Crippen molar-refractivity contribution in [3.8, 4) is 0 Å². The maximum Gasteiger partial charge on any atom is 0.237 e. The van der Waals surface area contributed by atoms with Gasteiger partial charge in [-0.25, -0.2) is 0 Å². The molecule has 0 radical (unpaired) electrons. The Labute approximate surface area is 114 Å². The maximum atomic E-state index is 11.9. The van der Waals surface area contributed by atoms with Crippen molar-refractivity contribution in [1.29, 1.82) is 0 Å². The quantitative estimate of drug-likeness (QED) is 0.674. The molecule has 1 aliphatic heterocycles. The fourth-order valence-electron chi connectivity index (χ4n) is 1.71. The van der Waals surface area contributed by atoms with Gasteiger partial charge in [-0.05, 0) is 0 Å². The lowest BCUT2D eigenvalue weighted by Gasteiger charge is -2.26. The van der Waals surface area contributed by atoms with Crippen LogP contribution in [0.1, 0.15) is 6.42 Å². The van der Waals surface area contributed by atoms with Crippen LogP contribution >= 0.6 is 12.4 Å². The first kappa shape index (κ1) is 16.7. The summed E-state index contributed by atoms with van der Waals surface area (Å²) in [5.41, 5.74) is 0.